The number of aromatic nitrogens is 1. The minimum absolute atomic E-state index is 0.176. The maximum absolute atomic E-state index is 13.5. The molecule has 2 nitrogen and oxygen atoms in total. The van der Waals surface area contributed by atoms with Crippen molar-refractivity contribution in [2.45, 2.75) is 6.61 Å². The van der Waals surface area contributed by atoms with E-state index in [1.54, 1.807) is 18.5 Å². The number of pyridine rings is 1. The fourth-order valence-electron chi connectivity index (χ4n) is 1.74. The lowest BCUT2D eigenvalue weighted by Gasteiger charge is -2.02. The van der Waals surface area contributed by atoms with Crippen LogP contribution in [0.3, 0.4) is 0 Å². The highest BCUT2D eigenvalue weighted by Crippen LogP contribution is 2.28. The van der Waals surface area contributed by atoms with Gasteiger partial charge in [-0.3, -0.25) is 4.98 Å². The monoisotopic (exact) mass is 259 g/mol. The lowest BCUT2D eigenvalue weighted by molar-refractivity contribution is 0.308. The molecule has 0 fully saturated rings. The molecule has 0 unspecified atom stereocenters. The van der Waals surface area contributed by atoms with Crippen LogP contribution in [-0.2, 0) is 6.61 Å². The number of hydrogen-bond acceptors (Lipinski definition) is 3. The first-order valence-corrected chi connectivity index (χ1v) is 6.34. The number of rotatable bonds is 3. The summed E-state index contributed by atoms with van der Waals surface area (Å²) < 4.78 is 19.8. The molecule has 90 valence electrons. The van der Waals surface area contributed by atoms with Crippen molar-refractivity contribution in [1.29, 1.82) is 0 Å². The van der Waals surface area contributed by atoms with Crippen LogP contribution in [0.1, 0.15) is 4.88 Å². The van der Waals surface area contributed by atoms with E-state index in [4.69, 9.17) is 4.74 Å². The van der Waals surface area contributed by atoms with Crippen molar-refractivity contribution in [3.05, 3.63) is 59.5 Å². The summed E-state index contributed by atoms with van der Waals surface area (Å²) in [6.07, 6.45) is 3.36. The molecule has 2 aromatic heterocycles. The molecule has 0 aliphatic rings. The third kappa shape index (κ3) is 2.19. The fraction of sp³-hybridized carbons (Fsp3) is 0.0714. The van der Waals surface area contributed by atoms with Crippen molar-refractivity contribution in [2.75, 3.05) is 0 Å². The van der Waals surface area contributed by atoms with Crippen LogP contribution >= 0.6 is 11.3 Å². The molecule has 0 amide bonds. The van der Waals surface area contributed by atoms with Gasteiger partial charge in [-0.15, -0.1) is 11.3 Å². The van der Waals surface area contributed by atoms with Gasteiger partial charge in [-0.05, 0) is 29.7 Å². The Morgan fingerprint density at radius 1 is 1.22 bits per heavy atom. The first-order chi connectivity index (χ1) is 8.83. The molecule has 0 saturated carbocycles. The van der Waals surface area contributed by atoms with Crippen molar-refractivity contribution in [2.24, 2.45) is 0 Å². The average molecular weight is 259 g/mol. The lowest BCUT2D eigenvalue weighted by Crippen LogP contribution is -1.92. The molecule has 0 spiro atoms. The van der Waals surface area contributed by atoms with E-state index < -0.39 is 0 Å². The summed E-state index contributed by atoms with van der Waals surface area (Å²) in [5, 5.41) is 0.921. The minimum atomic E-state index is -0.176. The van der Waals surface area contributed by atoms with Crippen molar-refractivity contribution in [1.82, 2.24) is 4.98 Å². The Balaban J connectivity index is 1.81. The van der Waals surface area contributed by atoms with Crippen LogP contribution in [0.4, 0.5) is 4.39 Å². The summed E-state index contributed by atoms with van der Waals surface area (Å²) in [7, 11) is 0. The minimum Gasteiger partial charge on any atom is -0.486 e. The van der Waals surface area contributed by atoms with Gasteiger partial charge in [0, 0.05) is 11.1 Å². The Hall–Kier alpha value is -1.94. The molecule has 3 aromatic rings. The second-order valence-electron chi connectivity index (χ2n) is 3.85. The second-order valence-corrected chi connectivity index (χ2v) is 4.99. The largest absolute Gasteiger partial charge is 0.486 e. The summed E-state index contributed by atoms with van der Waals surface area (Å²) >= 11 is 1.42. The van der Waals surface area contributed by atoms with E-state index in [1.807, 2.05) is 24.3 Å². The zero-order chi connectivity index (χ0) is 12.4. The molecule has 4 heteroatoms. The van der Waals surface area contributed by atoms with E-state index in [0.717, 1.165) is 16.0 Å². The summed E-state index contributed by atoms with van der Waals surface area (Å²) in [5.41, 5.74) is 0. The molecule has 0 aliphatic heterocycles. The van der Waals surface area contributed by atoms with Crippen molar-refractivity contribution in [3.8, 4) is 5.75 Å². The Bertz CT molecular complexity index is 666. The van der Waals surface area contributed by atoms with Gasteiger partial charge in [0.1, 0.15) is 18.2 Å². The number of halogens is 1. The van der Waals surface area contributed by atoms with E-state index in [9.17, 15) is 4.39 Å². The third-order valence-electron chi connectivity index (χ3n) is 2.56. The highest BCUT2D eigenvalue weighted by molar-refractivity contribution is 7.19. The predicted molar refractivity (Wildman–Crippen MR) is 70.4 cm³/mol. The van der Waals surface area contributed by atoms with Gasteiger partial charge in [-0.2, -0.15) is 0 Å². The van der Waals surface area contributed by atoms with Crippen molar-refractivity contribution < 1.29 is 9.13 Å². The molecule has 0 saturated heterocycles. The SMILES string of the molecule is Fc1cccc2cc(COc3cccnc3)sc12. The first kappa shape index (κ1) is 11.2. The van der Waals surface area contributed by atoms with E-state index in [0.29, 0.717) is 11.3 Å². The lowest BCUT2D eigenvalue weighted by atomic mass is 10.2. The van der Waals surface area contributed by atoms with E-state index in [-0.39, 0.29) is 5.82 Å². The van der Waals surface area contributed by atoms with Gasteiger partial charge >= 0.3 is 0 Å². The van der Waals surface area contributed by atoms with Crippen LogP contribution < -0.4 is 4.74 Å². The summed E-state index contributed by atoms with van der Waals surface area (Å²) in [6, 6.07) is 10.7. The number of thiophene rings is 1. The maximum Gasteiger partial charge on any atom is 0.140 e. The average Bonchev–Trinajstić information content (AvgIpc) is 2.82. The maximum atomic E-state index is 13.5. The molecule has 0 bridgehead atoms. The fourth-order valence-corrected chi connectivity index (χ4v) is 2.72. The molecular weight excluding hydrogens is 249 g/mol. The summed E-state index contributed by atoms with van der Waals surface area (Å²) in [6.45, 7) is 0.435. The Morgan fingerprint density at radius 3 is 2.94 bits per heavy atom. The van der Waals surface area contributed by atoms with Gasteiger partial charge in [0.15, 0.2) is 0 Å². The highest BCUT2D eigenvalue weighted by atomic mass is 32.1. The van der Waals surface area contributed by atoms with Crippen molar-refractivity contribution in [3.63, 3.8) is 0 Å². The molecule has 18 heavy (non-hydrogen) atoms. The third-order valence-corrected chi connectivity index (χ3v) is 3.70. The molecule has 0 aliphatic carbocycles. The number of ether oxygens (including phenoxy) is 1. The van der Waals surface area contributed by atoms with Crippen LogP contribution in [0.15, 0.2) is 48.8 Å². The van der Waals surface area contributed by atoms with E-state index in [2.05, 4.69) is 4.98 Å². The van der Waals surface area contributed by atoms with Gasteiger partial charge in [-0.1, -0.05) is 12.1 Å². The summed E-state index contributed by atoms with van der Waals surface area (Å²) in [5.74, 6) is 0.542. The molecule has 0 atom stereocenters. The number of benzene rings is 1. The van der Waals surface area contributed by atoms with E-state index in [1.165, 1.54) is 17.4 Å². The van der Waals surface area contributed by atoms with Gasteiger partial charge in [0.05, 0.1) is 10.9 Å². The molecule has 0 N–H and O–H groups in total. The standard InChI is InChI=1S/C14H10FNOS/c15-13-5-1-3-10-7-12(18-14(10)13)9-17-11-4-2-6-16-8-11/h1-8H,9H2. The normalized spacial score (nSPS) is 10.7. The van der Waals surface area contributed by atoms with Gasteiger partial charge in [-0.25, -0.2) is 4.39 Å². The van der Waals surface area contributed by atoms with Crippen LogP contribution in [-0.4, -0.2) is 4.98 Å². The highest BCUT2D eigenvalue weighted by Gasteiger charge is 2.06. The topological polar surface area (TPSA) is 22.1 Å². The number of nitrogens with zero attached hydrogens (tertiary/aromatic N) is 1. The van der Waals surface area contributed by atoms with Gasteiger partial charge < -0.3 is 4.74 Å². The molecule has 0 radical (unpaired) electrons. The molecule has 1 aromatic carbocycles. The van der Waals surface area contributed by atoms with Crippen molar-refractivity contribution >= 4 is 21.4 Å². The smallest absolute Gasteiger partial charge is 0.140 e. The molecular formula is C14H10FNOS. The Labute approximate surface area is 108 Å². The van der Waals surface area contributed by atoms with Gasteiger partial charge in [0.25, 0.3) is 0 Å². The predicted octanol–water partition coefficient (Wildman–Crippen LogP) is 4.01. The Kier molecular flexibility index (Phi) is 2.94. The van der Waals surface area contributed by atoms with Crippen LogP contribution in [0.25, 0.3) is 10.1 Å². The summed E-state index contributed by atoms with van der Waals surface area (Å²) in [4.78, 5) is 4.97. The quantitative estimate of drug-likeness (QED) is 0.709. The molecule has 3 rings (SSSR count). The van der Waals surface area contributed by atoms with Crippen LogP contribution in [0.2, 0.25) is 0 Å². The second kappa shape index (κ2) is 4.74. The number of fused-ring (bicyclic) bond motifs is 1. The number of hydrogen-bond donors (Lipinski definition) is 0. The van der Waals surface area contributed by atoms with Gasteiger partial charge in [0.2, 0.25) is 0 Å². The zero-order valence-corrected chi connectivity index (χ0v) is 10.3. The van der Waals surface area contributed by atoms with Crippen LogP contribution in [0, 0.1) is 5.82 Å². The first-order valence-electron chi connectivity index (χ1n) is 5.53. The Morgan fingerprint density at radius 2 is 2.17 bits per heavy atom. The zero-order valence-electron chi connectivity index (χ0n) is 9.47. The molecule has 2 heterocycles. The van der Waals surface area contributed by atoms with Crippen LogP contribution in [0.5, 0.6) is 5.75 Å². The van der Waals surface area contributed by atoms with E-state index >= 15 is 0 Å².